The van der Waals surface area contributed by atoms with Crippen LogP contribution in [-0.2, 0) is 28.3 Å². The molecule has 0 aromatic heterocycles. The van der Waals surface area contributed by atoms with Gasteiger partial charge in [0.1, 0.15) is 6.04 Å². The number of carbonyl (C=O) groups excluding carboxylic acids is 2. The first-order valence-corrected chi connectivity index (χ1v) is 13.4. The molecule has 35 heavy (non-hydrogen) atoms. The third-order valence-corrected chi connectivity index (χ3v) is 6.95. The molecule has 4 nitrogen and oxygen atoms in total. The Kier molecular flexibility index (Phi) is 10.7. The van der Waals surface area contributed by atoms with Crippen LogP contribution in [0.25, 0.3) is 0 Å². The summed E-state index contributed by atoms with van der Waals surface area (Å²) in [5, 5.41) is 3.63. The second kappa shape index (κ2) is 14.0. The van der Waals surface area contributed by atoms with Crippen LogP contribution >= 0.6 is 23.4 Å². The SMILES string of the molecule is CC(C)CNC(=O)[C@H](Cc1ccccc1)N(Cc1ccccc1Cl)C(=O)CSCc1ccccc1. The van der Waals surface area contributed by atoms with E-state index in [1.54, 1.807) is 16.7 Å². The molecule has 0 aliphatic rings. The summed E-state index contributed by atoms with van der Waals surface area (Å²) in [5.74, 6) is 1.10. The van der Waals surface area contributed by atoms with Crippen molar-refractivity contribution < 1.29 is 9.59 Å². The van der Waals surface area contributed by atoms with Gasteiger partial charge in [-0.1, -0.05) is 104 Å². The minimum Gasteiger partial charge on any atom is -0.354 e. The highest BCUT2D eigenvalue weighted by Crippen LogP contribution is 2.22. The lowest BCUT2D eigenvalue weighted by molar-refractivity contribution is -0.139. The highest BCUT2D eigenvalue weighted by molar-refractivity contribution is 7.99. The van der Waals surface area contributed by atoms with E-state index in [9.17, 15) is 9.59 Å². The van der Waals surface area contributed by atoms with Crippen LogP contribution in [0.5, 0.6) is 0 Å². The van der Waals surface area contributed by atoms with Gasteiger partial charge in [-0.05, 0) is 28.7 Å². The number of carbonyl (C=O) groups is 2. The van der Waals surface area contributed by atoms with Crippen LogP contribution in [0.3, 0.4) is 0 Å². The Morgan fingerprint density at radius 2 is 1.49 bits per heavy atom. The van der Waals surface area contributed by atoms with Crippen molar-refractivity contribution in [3.63, 3.8) is 0 Å². The molecule has 2 amide bonds. The van der Waals surface area contributed by atoms with Gasteiger partial charge in [0, 0.05) is 30.3 Å². The molecule has 0 heterocycles. The standard InChI is InChI=1S/C29H33ClN2O2S/c1-22(2)18-31-29(34)27(17-23-11-5-3-6-12-23)32(19-25-15-9-10-16-26(25)30)28(33)21-35-20-24-13-7-4-8-14-24/h3-16,22,27H,17-21H2,1-2H3,(H,31,34)/t27-/m0/s1. The van der Waals surface area contributed by atoms with E-state index in [1.165, 1.54) is 5.56 Å². The van der Waals surface area contributed by atoms with Crippen molar-refractivity contribution in [3.05, 3.63) is 107 Å². The summed E-state index contributed by atoms with van der Waals surface area (Å²) in [6.45, 7) is 4.94. The summed E-state index contributed by atoms with van der Waals surface area (Å²) in [7, 11) is 0. The number of hydrogen-bond donors (Lipinski definition) is 1. The lowest BCUT2D eigenvalue weighted by Gasteiger charge is -2.32. The maximum absolute atomic E-state index is 13.6. The average molecular weight is 509 g/mol. The number of nitrogens with one attached hydrogen (secondary N) is 1. The number of halogens is 1. The predicted molar refractivity (Wildman–Crippen MR) is 146 cm³/mol. The summed E-state index contributed by atoms with van der Waals surface area (Å²) in [6, 6.07) is 26.8. The molecule has 0 fully saturated rings. The van der Waals surface area contributed by atoms with Crippen molar-refractivity contribution in [1.29, 1.82) is 0 Å². The molecular formula is C29H33ClN2O2S. The van der Waals surface area contributed by atoms with Gasteiger partial charge in [0.05, 0.1) is 5.75 Å². The van der Waals surface area contributed by atoms with E-state index in [0.717, 1.165) is 16.9 Å². The molecule has 0 saturated heterocycles. The topological polar surface area (TPSA) is 49.4 Å². The number of benzene rings is 3. The van der Waals surface area contributed by atoms with E-state index in [-0.39, 0.29) is 24.1 Å². The lowest BCUT2D eigenvalue weighted by Crippen LogP contribution is -2.51. The number of hydrogen-bond acceptors (Lipinski definition) is 3. The quantitative estimate of drug-likeness (QED) is 0.327. The Bertz CT molecular complexity index is 1080. The molecular weight excluding hydrogens is 476 g/mol. The Morgan fingerprint density at radius 1 is 0.886 bits per heavy atom. The van der Waals surface area contributed by atoms with Gasteiger partial charge >= 0.3 is 0 Å². The van der Waals surface area contributed by atoms with E-state index < -0.39 is 6.04 Å². The molecule has 0 aliphatic carbocycles. The Balaban J connectivity index is 1.85. The van der Waals surface area contributed by atoms with Crippen molar-refractivity contribution in [3.8, 4) is 0 Å². The normalized spacial score (nSPS) is 11.8. The maximum Gasteiger partial charge on any atom is 0.243 e. The lowest BCUT2D eigenvalue weighted by atomic mass is 10.0. The maximum atomic E-state index is 13.6. The molecule has 3 rings (SSSR count). The summed E-state index contributed by atoms with van der Waals surface area (Å²) in [6.07, 6.45) is 0.435. The van der Waals surface area contributed by atoms with Gasteiger partial charge < -0.3 is 10.2 Å². The van der Waals surface area contributed by atoms with Crippen LogP contribution in [0.4, 0.5) is 0 Å². The van der Waals surface area contributed by atoms with Crippen molar-refractivity contribution in [2.75, 3.05) is 12.3 Å². The summed E-state index contributed by atoms with van der Waals surface area (Å²) in [4.78, 5) is 28.7. The number of amides is 2. The zero-order chi connectivity index (χ0) is 25.0. The molecule has 0 aliphatic heterocycles. The molecule has 184 valence electrons. The van der Waals surface area contributed by atoms with Crippen LogP contribution in [-0.4, -0.2) is 35.1 Å². The minimum atomic E-state index is -0.641. The fraction of sp³-hybridized carbons (Fsp3) is 0.310. The molecule has 1 N–H and O–H groups in total. The Morgan fingerprint density at radius 3 is 2.11 bits per heavy atom. The van der Waals surface area contributed by atoms with Crippen molar-refractivity contribution in [1.82, 2.24) is 10.2 Å². The molecule has 3 aromatic carbocycles. The van der Waals surface area contributed by atoms with Crippen LogP contribution in [0.2, 0.25) is 5.02 Å². The van der Waals surface area contributed by atoms with E-state index in [2.05, 4.69) is 31.3 Å². The van der Waals surface area contributed by atoms with E-state index in [0.29, 0.717) is 23.9 Å². The highest BCUT2D eigenvalue weighted by Gasteiger charge is 2.30. The first-order valence-electron chi connectivity index (χ1n) is 11.9. The molecule has 3 aromatic rings. The molecule has 0 spiro atoms. The van der Waals surface area contributed by atoms with Crippen LogP contribution in [0.1, 0.15) is 30.5 Å². The van der Waals surface area contributed by atoms with Gasteiger partial charge in [-0.3, -0.25) is 9.59 Å². The van der Waals surface area contributed by atoms with Gasteiger partial charge in [0.2, 0.25) is 11.8 Å². The van der Waals surface area contributed by atoms with Gasteiger partial charge in [0.15, 0.2) is 0 Å². The number of thioether (sulfide) groups is 1. The summed E-state index contributed by atoms with van der Waals surface area (Å²) in [5.41, 5.74) is 3.00. The van der Waals surface area contributed by atoms with Crippen molar-refractivity contribution >= 4 is 35.2 Å². The smallest absolute Gasteiger partial charge is 0.243 e. The van der Waals surface area contributed by atoms with Gasteiger partial charge in [0.25, 0.3) is 0 Å². The van der Waals surface area contributed by atoms with Crippen LogP contribution in [0.15, 0.2) is 84.9 Å². The monoisotopic (exact) mass is 508 g/mol. The van der Waals surface area contributed by atoms with Gasteiger partial charge in [-0.2, -0.15) is 0 Å². The van der Waals surface area contributed by atoms with E-state index >= 15 is 0 Å². The molecule has 0 bridgehead atoms. The second-order valence-corrected chi connectivity index (χ2v) is 10.3. The summed E-state index contributed by atoms with van der Waals surface area (Å²) < 4.78 is 0. The number of rotatable bonds is 12. The third-order valence-electron chi connectivity index (χ3n) is 5.59. The van der Waals surface area contributed by atoms with Crippen LogP contribution < -0.4 is 5.32 Å². The molecule has 0 radical (unpaired) electrons. The molecule has 1 atom stereocenters. The van der Waals surface area contributed by atoms with Gasteiger partial charge in [-0.15, -0.1) is 11.8 Å². The minimum absolute atomic E-state index is 0.0773. The van der Waals surface area contributed by atoms with Gasteiger partial charge in [-0.25, -0.2) is 0 Å². The molecule has 0 unspecified atom stereocenters. The van der Waals surface area contributed by atoms with E-state index in [4.69, 9.17) is 11.6 Å². The first-order chi connectivity index (χ1) is 16.9. The highest BCUT2D eigenvalue weighted by atomic mass is 35.5. The fourth-order valence-corrected chi connectivity index (χ4v) is 4.77. The first kappa shape index (κ1) is 26.8. The van der Waals surface area contributed by atoms with Crippen molar-refractivity contribution in [2.45, 2.75) is 38.6 Å². The van der Waals surface area contributed by atoms with Crippen molar-refractivity contribution in [2.24, 2.45) is 5.92 Å². The summed E-state index contributed by atoms with van der Waals surface area (Å²) >= 11 is 8.02. The second-order valence-electron chi connectivity index (χ2n) is 8.94. The predicted octanol–water partition coefficient (Wildman–Crippen LogP) is 5.99. The molecule has 0 saturated carbocycles. The largest absolute Gasteiger partial charge is 0.354 e. The number of nitrogens with zero attached hydrogens (tertiary/aromatic N) is 1. The zero-order valence-electron chi connectivity index (χ0n) is 20.3. The van der Waals surface area contributed by atoms with Crippen LogP contribution in [0, 0.1) is 5.92 Å². The average Bonchev–Trinajstić information content (AvgIpc) is 2.87. The fourth-order valence-electron chi connectivity index (χ4n) is 3.70. The zero-order valence-corrected chi connectivity index (χ0v) is 21.9. The Labute approximate surface area is 218 Å². The molecule has 6 heteroatoms. The Hall–Kier alpha value is -2.76. The third kappa shape index (κ3) is 8.75. The van der Waals surface area contributed by atoms with E-state index in [1.807, 2.05) is 72.8 Å².